The summed E-state index contributed by atoms with van der Waals surface area (Å²) in [5.74, 6) is -2.61. The number of esters is 1. The number of hydrogen-bond acceptors (Lipinski definition) is 6. The molecule has 0 radical (unpaired) electrons. The number of rotatable bonds is 5. The van der Waals surface area contributed by atoms with Crippen LogP contribution in [0.25, 0.3) is 0 Å². The molecule has 0 saturated heterocycles. The number of nitrogens with one attached hydrogen (secondary N) is 1. The third-order valence-corrected chi connectivity index (χ3v) is 4.12. The summed E-state index contributed by atoms with van der Waals surface area (Å²) in [7, 11) is 0. The molecule has 1 aliphatic rings. The van der Waals surface area contributed by atoms with Gasteiger partial charge in [0.15, 0.2) is 6.10 Å². The molecule has 0 aromatic heterocycles. The van der Waals surface area contributed by atoms with Crippen molar-refractivity contribution in [3.05, 3.63) is 65.2 Å². The fourth-order valence-corrected chi connectivity index (χ4v) is 2.67. The van der Waals surface area contributed by atoms with Crippen LogP contribution in [0.5, 0.6) is 0 Å². The molecule has 3 amide bonds. The Bertz CT molecular complexity index is 972. The van der Waals surface area contributed by atoms with Gasteiger partial charge in [-0.25, -0.2) is 0 Å². The average molecular weight is 377 g/mol. The van der Waals surface area contributed by atoms with Gasteiger partial charge in [-0.15, -0.1) is 0 Å². The summed E-state index contributed by atoms with van der Waals surface area (Å²) in [6.45, 7) is 0.792. The summed E-state index contributed by atoms with van der Waals surface area (Å²) < 4.78 is 5.04. The molecule has 0 saturated carbocycles. The van der Waals surface area contributed by atoms with Crippen molar-refractivity contribution in [3.63, 3.8) is 0 Å². The molecule has 8 nitrogen and oxygen atoms in total. The highest BCUT2D eigenvalue weighted by Crippen LogP contribution is 2.22. The van der Waals surface area contributed by atoms with Gasteiger partial charge in [-0.3, -0.25) is 24.1 Å². The van der Waals surface area contributed by atoms with E-state index in [0.717, 1.165) is 4.90 Å². The first-order valence-electron chi connectivity index (χ1n) is 8.36. The molecule has 2 aromatic carbocycles. The van der Waals surface area contributed by atoms with Gasteiger partial charge in [-0.2, -0.15) is 5.26 Å². The second kappa shape index (κ2) is 7.72. The van der Waals surface area contributed by atoms with E-state index >= 15 is 0 Å². The number of carbonyl (C=O) groups is 4. The normalized spacial score (nSPS) is 13.5. The van der Waals surface area contributed by atoms with E-state index < -0.39 is 36.3 Å². The molecule has 1 N–H and O–H groups in total. The molecule has 140 valence electrons. The molecule has 1 aliphatic heterocycles. The maximum Gasteiger partial charge on any atom is 0.326 e. The standard InChI is InChI=1S/C20H15N3O5/c1-12(18(25)22-14-8-6-13(10-21)7-9-14)28-17(24)11-23-19(26)15-4-2-3-5-16(15)20(23)27/h2-9,12H,11H2,1H3,(H,22,25)/t12-/m0/s1. The second-order valence-electron chi connectivity index (χ2n) is 6.05. The fraction of sp³-hybridized carbons (Fsp3) is 0.150. The van der Waals surface area contributed by atoms with Crippen LogP contribution in [0, 0.1) is 11.3 Å². The van der Waals surface area contributed by atoms with Crippen LogP contribution in [-0.4, -0.2) is 41.2 Å². The predicted molar refractivity (Wildman–Crippen MR) is 97.1 cm³/mol. The lowest BCUT2D eigenvalue weighted by Crippen LogP contribution is -2.38. The van der Waals surface area contributed by atoms with E-state index in [4.69, 9.17) is 10.00 Å². The van der Waals surface area contributed by atoms with Crippen molar-refractivity contribution < 1.29 is 23.9 Å². The number of anilines is 1. The third kappa shape index (κ3) is 3.73. The van der Waals surface area contributed by atoms with E-state index in [1.807, 2.05) is 6.07 Å². The Balaban J connectivity index is 1.57. The molecular weight excluding hydrogens is 362 g/mol. The van der Waals surface area contributed by atoms with Gasteiger partial charge in [0.05, 0.1) is 22.8 Å². The Morgan fingerprint density at radius 3 is 2.18 bits per heavy atom. The van der Waals surface area contributed by atoms with E-state index in [9.17, 15) is 19.2 Å². The third-order valence-electron chi connectivity index (χ3n) is 4.12. The van der Waals surface area contributed by atoms with Gasteiger partial charge in [0, 0.05) is 5.69 Å². The van der Waals surface area contributed by atoms with Gasteiger partial charge in [-0.1, -0.05) is 12.1 Å². The van der Waals surface area contributed by atoms with E-state index in [1.54, 1.807) is 24.3 Å². The number of nitrogens with zero attached hydrogens (tertiary/aromatic N) is 2. The second-order valence-corrected chi connectivity index (χ2v) is 6.05. The van der Waals surface area contributed by atoms with Crippen LogP contribution >= 0.6 is 0 Å². The van der Waals surface area contributed by atoms with Crippen molar-refractivity contribution in [2.45, 2.75) is 13.0 Å². The lowest BCUT2D eigenvalue weighted by molar-refractivity contribution is -0.153. The SMILES string of the molecule is C[C@H](OC(=O)CN1C(=O)c2ccccc2C1=O)C(=O)Nc1ccc(C#N)cc1. The number of imide groups is 1. The van der Waals surface area contributed by atoms with Crippen molar-refractivity contribution >= 4 is 29.4 Å². The number of ether oxygens (including phenoxy) is 1. The lowest BCUT2D eigenvalue weighted by atomic mass is 10.1. The molecule has 8 heteroatoms. The van der Waals surface area contributed by atoms with Crippen molar-refractivity contribution in [2.75, 3.05) is 11.9 Å². The van der Waals surface area contributed by atoms with Crippen LogP contribution < -0.4 is 5.32 Å². The van der Waals surface area contributed by atoms with E-state index in [2.05, 4.69) is 5.32 Å². The molecule has 0 aliphatic carbocycles. The monoisotopic (exact) mass is 377 g/mol. The Morgan fingerprint density at radius 2 is 1.64 bits per heavy atom. The highest BCUT2D eigenvalue weighted by atomic mass is 16.5. The predicted octanol–water partition coefficient (Wildman–Crippen LogP) is 1.72. The van der Waals surface area contributed by atoms with Crippen LogP contribution in [0.15, 0.2) is 48.5 Å². The van der Waals surface area contributed by atoms with E-state index in [-0.39, 0.29) is 11.1 Å². The Morgan fingerprint density at radius 1 is 1.07 bits per heavy atom. The van der Waals surface area contributed by atoms with E-state index in [1.165, 1.54) is 31.2 Å². The maximum absolute atomic E-state index is 12.3. The smallest absolute Gasteiger partial charge is 0.326 e. The zero-order valence-corrected chi connectivity index (χ0v) is 14.8. The lowest BCUT2D eigenvalue weighted by Gasteiger charge is -2.16. The highest BCUT2D eigenvalue weighted by molar-refractivity contribution is 6.22. The number of benzene rings is 2. The molecular formula is C20H15N3O5. The number of amides is 3. The molecule has 0 spiro atoms. The van der Waals surface area contributed by atoms with Crippen LogP contribution in [0.4, 0.5) is 5.69 Å². The Kier molecular flexibility index (Phi) is 5.18. The van der Waals surface area contributed by atoms with Gasteiger partial charge < -0.3 is 10.1 Å². The van der Waals surface area contributed by atoms with Crippen LogP contribution in [0.2, 0.25) is 0 Å². The first kappa shape index (κ1) is 18.8. The van der Waals surface area contributed by atoms with Gasteiger partial charge in [0.25, 0.3) is 17.7 Å². The average Bonchev–Trinajstić information content (AvgIpc) is 2.93. The molecule has 1 atom stereocenters. The topological polar surface area (TPSA) is 117 Å². The Labute approximate surface area is 160 Å². The fourth-order valence-electron chi connectivity index (χ4n) is 2.67. The Hall–Kier alpha value is -3.99. The van der Waals surface area contributed by atoms with Crippen molar-refractivity contribution in [3.8, 4) is 6.07 Å². The molecule has 0 unspecified atom stereocenters. The summed E-state index contributed by atoms with van der Waals surface area (Å²) in [4.78, 5) is 49.5. The maximum atomic E-state index is 12.3. The molecule has 0 bridgehead atoms. The highest BCUT2D eigenvalue weighted by Gasteiger charge is 2.37. The first-order valence-corrected chi connectivity index (χ1v) is 8.36. The largest absolute Gasteiger partial charge is 0.451 e. The van der Waals surface area contributed by atoms with E-state index in [0.29, 0.717) is 11.3 Å². The summed E-state index contributed by atoms with van der Waals surface area (Å²) in [6, 6.07) is 14.4. The van der Waals surface area contributed by atoms with Crippen LogP contribution in [-0.2, 0) is 14.3 Å². The van der Waals surface area contributed by atoms with Gasteiger partial charge in [-0.05, 0) is 43.3 Å². The molecule has 28 heavy (non-hydrogen) atoms. The minimum Gasteiger partial charge on any atom is -0.451 e. The van der Waals surface area contributed by atoms with Crippen molar-refractivity contribution in [1.29, 1.82) is 5.26 Å². The quantitative estimate of drug-likeness (QED) is 0.626. The van der Waals surface area contributed by atoms with Crippen molar-refractivity contribution in [1.82, 2.24) is 4.90 Å². The van der Waals surface area contributed by atoms with Crippen molar-refractivity contribution in [2.24, 2.45) is 0 Å². The zero-order valence-electron chi connectivity index (χ0n) is 14.8. The van der Waals surface area contributed by atoms with Gasteiger partial charge in [0.1, 0.15) is 6.54 Å². The molecule has 2 aromatic rings. The van der Waals surface area contributed by atoms with Crippen LogP contribution in [0.3, 0.4) is 0 Å². The summed E-state index contributed by atoms with van der Waals surface area (Å²) in [6.07, 6.45) is -1.14. The van der Waals surface area contributed by atoms with Gasteiger partial charge in [0.2, 0.25) is 0 Å². The number of carbonyl (C=O) groups excluding carboxylic acids is 4. The number of nitriles is 1. The summed E-state index contributed by atoms with van der Waals surface area (Å²) in [5.41, 5.74) is 1.34. The molecule has 0 fully saturated rings. The number of fused-ring (bicyclic) bond motifs is 1. The molecule has 3 rings (SSSR count). The number of hydrogen-bond donors (Lipinski definition) is 1. The molecule has 1 heterocycles. The zero-order chi connectivity index (χ0) is 20.3. The summed E-state index contributed by atoms with van der Waals surface area (Å²) >= 11 is 0. The van der Waals surface area contributed by atoms with Crippen LogP contribution in [0.1, 0.15) is 33.2 Å². The van der Waals surface area contributed by atoms with Gasteiger partial charge >= 0.3 is 5.97 Å². The summed E-state index contributed by atoms with van der Waals surface area (Å²) in [5, 5.41) is 11.3. The minimum atomic E-state index is -1.14. The minimum absolute atomic E-state index is 0.229. The first-order chi connectivity index (χ1) is 13.4.